The van der Waals surface area contributed by atoms with E-state index < -0.39 is 0 Å². The highest BCUT2D eigenvalue weighted by Gasteiger charge is 2.03. The molecule has 0 atom stereocenters. The number of aromatic nitrogens is 2. The van der Waals surface area contributed by atoms with Gasteiger partial charge in [0, 0.05) is 0 Å². The van der Waals surface area contributed by atoms with Crippen molar-refractivity contribution in [3.8, 4) is 0 Å². The van der Waals surface area contributed by atoms with Gasteiger partial charge in [-0.1, -0.05) is 17.7 Å². The molecule has 0 unspecified atom stereocenters. The molecule has 0 saturated carbocycles. The minimum atomic E-state index is 0.665. The molecule has 0 spiro atoms. The number of hydrogen-bond donors (Lipinski definition) is 0. The molecule has 12 heavy (non-hydrogen) atoms. The van der Waals surface area contributed by atoms with Crippen LogP contribution in [0.3, 0.4) is 0 Å². The summed E-state index contributed by atoms with van der Waals surface area (Å²) in [4.78, 5) is 0. The summed E-state index contributed by atoms with van der Waals surface area (Å²) in [5.41, 5.74) is 2.03. The van der Waals surface area contributed by atoms with Crippen LogP contribution in [0.4, 0.5) is 0 Å². The SMILES string of the molecule is Cc1ccc2cc(Br)nn2c1Cl. The Balaban J connectivity index is 2.89. The lowest BCUT2D eigenvalue weighted by atomic mass is 10.3. The fraction of sp³-hybridized carbons (Fsp3) is 0.125. The fourth-order valence-corrected chi connectivity index (χ4v) is 1.68. The normalized spacial score (nSPS) is 10.9. The van der Waals surface area contributed by atoms with Crippen molar-refractivity contribution in [2.75, 3.05) is 0 Å². The number of aryl methyl sites for hydroxylation is 1. The molecule has 2 aromatic rings. The van der Waals surface area contributed by atoms with E-state index in [1.165, 1.54) is 0 Å². The van der Waals surface area contributed by atoms with Crippen LogP contribution in [0.15, 0.2) is 22.8 Å². The maximum absolute atomic E-state index is 6.02. The van der Waals surface area contributed by atoms with E-state index in [4.69, 9.17) is 11.6 Å². The predicted molar refractivity (Wildman–Crippen MR) is 52.6 cm³/mol. The maximum atomic E-state index is 6.02. The van der Waals surface area contributed by atoms with E-state index in [2.05, 4.69) is 21.0 Å². The Morgan fingerprint density at radius 3 is 3.00 bits per heavy atom. The molecule has 0 fully saturated rings. The highest BCUT2D eigenvalue weighted by Crippen LogP contribution is 2.19. The Morgan fingerprint density at radius 2 is 2.25 bits per heavy atom. The standard InChI is InChI=1S/C8H6BrClN2/c1-5-2-3-6-4-7(9)11-12(6)8(5)10/h2-4H,1H3. The Hall–Kier alpha value is -0.540. The summed E-state index contributed by atoms with van der Waals surface area (Å²) in [5.74, 6) is 0. The number of hydrogen-bond acceptors (Lipinski definition) is 1. The summed E-state index contributed by atoms with van der Waals surface area (Å²) in [6.45, 7) is 1.96. The quantitative estimate of drug-likeness (QED) is 0.652. The Morgan fingerprint density at radius 1 is 1.50 bits per heavy atom. The highest BCUT2D eigenvalue weighted by atomic mass is 79.9. The van der Waals surface area contributed by atoms with Crippen LogP contribution in [0, 0.1) is 6.92 Å². The number of rotatable bonds is 0. The lowest BCUT2D eigenvalue weighted by molar-refractivity contribution is 0.939. The van der Waals surface area contributed by atoms with Crippen LogP contribution in [0.2, 0.25) is 5.15 Å². The molecular weight excluding hydrogens is 239 g/mol. The molecule has 2 aromatic heterocycles. The predicted octanol–water partition coefficient (Wildman–Crippen LogP) is 3.06. The molecule has 0 bridgehead atoms. The van der Waals surface area contributed by atoms with Gasteiger partial charge in [-0.2, -0.15) is 5.10 Å². The van der Waals surface area contributed by atoms with E-state index >= 15 is 0 Å². The van der Waals surface area contributed by atoms with Crippen LogP contribution >= 0.6 is 27.5 Å². The minimum Gasteiger partial charge on any atom is -0.221 e. The van der Waals surface area contributed by atoms with Gasteiger partial charge in [-0.15, -0.1) is 0 Å². The third-order valence-electron chi connectivity index (χ3n) is 1.72. The van der Waals surface area contributed by atoms with Crippen LogP contribution in [0.25, 0.3) is 5.52 Å². The van der Waals surface area contributed by atoms with Gasteiger partial charge in [-0.25, -0.2) is 4.52 Å². The molecule has 2 rings (SSSR count). The summed E-state index contributed by atoms with van der Waals surface area (Å²) >= 11 is 9.31. The lowest BCUT2D eigenvalue weighted by Crippen LogP contribution is -1.90. The van der Waals surface area contributed by atoms with Crippen molar-refractivity contribution in [2.24, 2.45) is 0 Å². The number of halogens is 2. The van der Waals surface area contributed by atoms with Gasteiger partial charge < -0.3 is 0 Å². The Kier molecular flexibility index (Phi) is 1.85. The van der Waals surface area contributed by atoms with Crippen molar-refractivity contribution in [1.82, 2.24) is 9.61 Å². The van der Waals surface area contributed by atoms with Gasteiger partial charge in [0.2, 0.25) is 0 Å². The van der Waals surface area contributed by atoms with Gasteiger partial charge in [-0.3, -0.25) is 0 Å². The van der Waals surface area contributed by atoms with E-state index in [1.807, 2.05) is 25.1 Å². The molecule has 62 valence electrons. The first-order valence-corrected chi connectivity index (χ1v) is 4.66. The van der Waals surface area contributed by atoms with Gasteiger partial charge in [0.05, 0.1) is 5.52 Å². The highest BCUT2D eigenvalue weighted by molar-refractivity contribution is 9.10. The number of fused-ring (bicyclic) bond motifs is 1. The zero-order valence-corrected chi connectivity index (χ0v) is 8.72. The second-order valence-electron chi connectivity index (χ2n) is 2.61. The van der Waals surface area contributed by atoms with E-state index in [-0.39, 0.29) is 0 Å². The van der Waals surface area contributed by atoms with E-state index in [9.17, 15) is 0 Å². The van der Waals surface area contributed by atoms with Crippen molar-refractivity contribution in [1.29, 1.82) is 0 Å². The van der Waals surface area contributed by atoms with Gasteiger partial charge in [-0.05, 0) is 40.5 Å². The zero-order chi connectivity index (χ0) is 8.72. The van der Waals surface area contributed by atoms with Crippen molar-refractivity contribution in [2.45, 2.75) is 6.92 Å². The largest absolute Gasteiger partial charge is 0.221 e. The summed E-state index contributed by atoms with van der Waals surface area (Å²) in [5, 5.41) is 4.84. The molecule has 0 N–H and O–H groups in total. The topological polar surface area (TPSA) is 17.3 Å². The van der Waals surface area contributed by atoms with E-state index in [1.54, 1.807) is 4.52 Å². The summed E-state index contributed by atoms with van der Waals surface area (Å²) in [7, 11) is 0. The summed E-state index contributed by atoms with van der Waals surface area (Å²) in [6.07, 6.45) is 0. The smallest absolute Gasteiger partial charge is 0.134 e. The van der Waals surface area contributed by atoms with Gasteiger partial charge >= 0.3 is 0 Å². The first kappa shape index (κ1) is 8.08. The van der Waals surface area contributed by atoms with Crippen LogP contribution in [-0.2, 0) is 0 Å². The van der Waals surface area contributed by atoms with Crippen LogP contribution in [0.5, 0.6) is 0 Å². The second kappa shape index (κ2) is 2.75. The lowest BCUT2D eigenvalue weighted by Gasteiger charge is -1.99. The van der Waals surface area contributed by atoms with Crippen LogP contribution in [0.1, 0.15) is 5.56 Å². The third-order valence-corrected chi connectivity index (χ3v) is 2.57. The van der Waals surface area contributed by atoms with Gasteiger partial charge in [0.1, 0.15) is 9.76 Å². The molecule has 0 amide bonds. The van der Waals surface area contributed by atoms with Crippen molar-refractivity contribution in [3.63, 3.8) is 0 Å². The maximum Gasteiger partial charge on any atom is 0.134 e. The molecule has 0 radical (unpaired) electrons. The molecular formula is C8H6BrClN2. The van der Waals surface area contributed by atoms with Gasteiger partial charge in [0.15, 0.2) is 0 Å². The summed E-state index contributed by atoms with van der Waals surface area (Å²) in [6, 6.07) is 5.88. The zero-order valence-electron chi connectivity index (χ0n) is 6.38. The number of pyridine rings is 1. The molecule has 4 heteroatoms. The minimum absolute atomic E-state index is 0.665. The molecule has 0 aromatic carbocycles. The first-order valence-electron chi connectivity index (χ1n) is 3.49. The Bertz CT molecular complexity index is 436. The fourth-order valence-electron chi connectivity index (χ4n) is 1.09. The molecule has 0 aliphatic heterocycles. The number of nitrogens with zero attached hydrogens (tertiary/aromatic N) is 2. The third kappa shape index (κ3) is 1.13. The Labute approximate surface area is 83.3 Å². The summed E-state index contributed by atoms with van der Waals surface area (Å²) < 4.78 is 2.51. The van der Waals surface area contributed by atoms with Crippen LogP contribution in [-0.4, -0.2) is 9.61 Å². The second-order valence-corrected chi connectivity index (χ2v) is 3.78. The first-order chi connectivity index (χ1) is 5.68. The van der Waals surface area contributed by atoms with Gasteiger partial charge in [0.25, 0.3) is 0 Å². The van der Waals surface area contributed by atoms with Crippen molar-refractivity contribution < 1.29 is 0 Å². The molecule has 0 aliphatic carbocycles. The van der Waals surface area contributed by atoms with Crippen molar-refractivity contribution >= 4 is 33.0 Å². The molecule has 0 aliphatic rings. The monoisotopic (exact) mass is 244 g/mol. The average Bonchev–Trinajstić information content (AvgIpc) is 2.39. The average molecular weight is 246 g/mol. The van der Waals surface area contributed by atoms with Crippen LogP contribution < -0.4 is 0 Å². The van der Waals surface area contributed by atoms with Crippen molar-refractivity contribution in [3.05, 3.63) is 33.5 Å². The molecule has 2 nitrogen and oxygen atoms in total. The van der Waals surface area contributed by atoms with E-state index in [0.717, 1.165) is 15.7 Å². The van der Waals surface area contributed by atoms with E-state index in [0.29, 0.717) is 5.15 Å². The molecule has 2 heterocycles. The molecule has 0 saturated heterocycles.